The van der Waals surface area contributed by atoms with Crippen LogP contribution in [-0.4, -0.2) is 29.0 Å². The number of thiophene rings is 1. The van der Waals surface area contributed by atoms with Crippen molar-refractivity contribution in [2.45, 2.75) is 18.2 Å². The van der Waals surface area contributed by atoms with Crippen LogP contribution in [0.2, 0.25) is 5.02 Å². The maximum Gasteiger partial charge on any atom is 0.331 e. The highest BCUT2D eigenvalue weighted by Gasteiger charge is 2.18. The van der Waals surface area contributed by atoms with Gasteiger partial charge < -0.3 is 4.84 Å². The first-order valence-electron chi connectivity index (χ1n) is 12.1. The minimum absolute atomic E-state index is 0.0573. The minimum atomic E-state index is -0.597. The first-order valence-corrected chi connectivity index (χ1v) is 14.3. The summed E-state index contributed by atoms with van der Waals surface area (Å²) < 4.78 is 2.02. The van der Waals surface area contributed by atoms with Gasteiger partial charge in [-0.15, -0.1) is 23.1 Å². The molecule has 0 aliphatic carbocycles. The fourth-order valence-corrected chi connectivity index (χ4v) is 6.15. The van der Waals surface area contributed by atoms with Gasteiger partial charge in [0.05, 0.1) is 0 Å². The van der Waals surface area contributed by atoms with Crippen LogP contribution < -0.4 is 0 Å². The zero-order valence-electron chi connectivity index (χ0n) is 20.8. The van der Waals surface area contributed by atoms with E-state index in [0.717, 1.165) is 25.1 Å². The molecule has 1 aromatic heterocycles. The lowest BCUT2D eigenvalue weighted by atomic mass is 9.99. The van der Waals surface area contributed by atoms with Crippen LogP contribution in [0.1, 0.15) is 39.6 Å². The quantitative estimate of drug-likeness (QED) is 0.0586. The number of nitrogens with zero attached hydrogens (tertiary/aromatic N) is 1. The van der Waals surface area contributed by atoms with E-state index in [1.807, 2.05) is 72.8 Å². The summed E-state index contributed by atoms with van der Waals surface area (Å²) in [6.45, 7) is 1.24. The molecule has 0 aliphatic heterocycles. The Kier molecular flexibility index (Phi) is 8.21. The summed E-state index contributed by atoms with van der Waals surface area (Å²) in [4.78, 5) is 43.8. The number of hydrogen-bond acceptors (Lipinski definition) is 7. The molecule has 8 heteroatoms. The van der Waals surface area contributed by atoms with Crippen molar-refractivity contribution in [2.75, 3.05) is 5.75 Å². The first-order chi connectivity index (χ1) is 18.9. The summed E-state index contributed by atoms with van der Waals surface area (Å²) >= 11 is 9.11. The molecular weight excluding hydrogens is 550 g/mol. The Morgan fingerprint density at radius 3 is 2.13 bits per heavy atom. The molecule has 0 amide bonds. The number of Topliss-reactive ketones (excluding diaryl/α,β-unsaturated/α-hetero) is 1. The van der Waals surface area contributed by atoms with Gasteiger partial charge in [-0.25, -0.2) is 4.79 Å². The van der Waals surface area contributed by atoms with Crippen LogP contribution in [0.25, 0.3) is 20.2 Å². The van der Waals surface area contributed by atoms with Crippen molar-refractivity contribution >= 4 is 78.1 Å². The molecule has 0 fully saturated rings. The van der Waals surface area contributed by atoms with E-state index in [1.54, 1.807) is 41.3 Å². The Bertz CT molecular complexity index is 1730. The molecule has 0 bridgehead atoms. The molecule has 4 aromatic carbocycles. The van der Waals surface area contributed by atoms with Gasteiger partial charge in [-0.3, -0.25) is 9.59 Å². The van der Waals surface area contributed by atoms with Gasteiger partial charge in [0.15, 0.2) is 5.78 Å². The third-order valence-electron chi connectivity index (χ3n) is 6.00. The Morgan fingerprint density at radius 1 is 0.821 bits per heavy atom. The number of oxime groups is 1. The van der Waals surface area contributed by atoms with Crippen molar-refractivity contribution in [3.63, 3.8) is 0 Å². The van der Waals surface area contributed by atoms with Crippen LogP contribution in [0.15, 0.2) is 101 Å². The Balaban J connectivity index is 1.43. The van der Waals surface area contributed by atoms with E-state index in [4.69, 9.17) is 16.4 Å². The Hall–Kier alpha value is -3.78. The standard InChI is InChI=1S/C31H22ClNO4S2/c1-19(34)37-33-27(15-16-38-24-11-9-23(32)10-12-24)31(36)22-8-14-29-26(18-22)25-17-21(7-13-28(25)39-29)30(35)20-5-3-2-4-6-20/h2-14,17-18H,15-16H2,1H3/b33-27+. The number of thioether (sulfide) groups is 1. The van der Waals surface area contributed by atoms with Crippen molar-refractivity contribution in [1.29, 1.82) is 0 Å². The monoisotopic (exact) mass is 571 g/mol. The Labute approximate surface area is 238 Å². The smallest absolute Gasteiger partial charge is 0.318 e. The minimum Gasteiger partial charge on any atom is -0.318 e. The molecule has 0 radical (unpaired) electrons. The van der Waals surface area contributed by atoms with Gasteiger partial charge in [0.25, 0.3) is 0 Å². The molecule has 0 unspecified atom stereocenters. The van der Waals surface area contributed by atoms with E-state index < -0.39 is 5.97 Å². The van der Waals surface area contributed by atoms with E-state index in [2.05, 4.69) is 5.16 Å². The lowest BCUT2D eigenvalue weighted by Crippen LogP contribution is -2.16. The topological polar surface area (TPSA) is 72.8 Å². The molecule has 0 saturated carbocycles. The zero-order chi connectivity index (χ0) is 27.4. The predicted molar refractivity (Wildman–Crippen MR) is 160 cm³/mol. The highest BCUT2D eigenvalue weighted by atomic mass is 35.5. The molecule has 0 saturated heterocycles. The summed E-state index contributed by atoms with van der Waals surface area (Å²) in [7, 11) is 0. The van der Waals surface area contributed by atoms with Crippen molar-refractivity contribution in [2.24, 2.45) is 5.16 Å². The summed E-state index contributed by atoms with van der Waals surface area (Å²) in [6, 6.07) is 27.7. The molecule has 1 heterocycles. The fraction of sp³-hybridized carbons (Fsp3) is 0.0968. The van der Waals surface area contributed by atoms with Crippen molar-refractivity contribution < 1.29 is 19.2 Å². The van der Waals surface area contributed by atoms with Crippen molar-refractivity contribution in [3.05, 3.63) is 113 Å². The summed E-state index contributed by atoms with van der Waals surface area (Å²) in [6.07, 6.45) is 0.303. The first kappa shape index (κ1) is 26.8. The van der Waals surface area contributed by atoms with E-state index in [9.17, 15) is 14.4 Å². The van der Waals surface area contributed by atoms with Gasteiger partial charge in [-0.1, -0.05) is 47.1 Å². The molecule has 5 nitrogen and oxygen atoms in total. The highest BCUT2D eigenvalue weighted by Crippen LogP contribution is 2.35. The van der Waals surface area contributed by atoms with E-state index in [1.165, 1.54) is 6.92 Å². The second-order valence-corrected chi connectivity index (χ2v) is 11.4. The third kappa shape index (κ3) is 6.28. The molecule has 0 spiro atoms. The van der Waals surface area contributed by atoms with Crippen molar-refractivity contribution in [1.82, 2.24) is 0 Å². The maximum absolute atomic E-state index is 13.5. The summed E-state index contributed by atoms with van der Waals surface area (Å²) in [5.41, 5.74) is 1.80. The molecule has 0 N–H and O–H groups in total. The number of halogens is 1. The SMILES string of the molecule is CC(=O)O/N=C(\CCSc1ccc(Cl)cc1)C(=O)c1ccc2sc3ccc(C(=O)c4ccccc4)cc3c2c1. The van der Waals surface area contributed by atoms with Crippen LogP contribution in [0, 0.1) is 0 Å². The normalized spacial score (nSPS) is 11.6. The van der Waals surface area contributed by atoms with Gasteiger partial charge >= 0.3 is 5.97 Å². The second-order valence-electron chi connectivity index (χ2n) is 8.72. The molecule has 194 valence electrons. The predicted octanol–water partition coefficient (Wildman–Crippen LogP) is 8.22. The lowest BCUT2D eigenvalue weighted by molar-refractivity contribution is -0.140. The maximum atomic E-state index is 13.5. The van der Waals surface area contributed by atoms with E-state index in [0.29, 0.717) is 33.9 Å². The van der Waals surface area contributed by atoms with Crippen LogP contribution in [0.4, 0.5) is 0 Å². The van der Waals surface area contributed by atoms with Crippen LogP contribution in [0.5, 0.6) is 0 Å². The zero-order valence-corrected chi connectivity index (χ0v) is 23.2. The van der Waals surface area contributed by atoms with Crippen molar-refractivity contribution in [3.8, 4) is 0 Å². The number of carbonyl (C=O) groups is 3. The number of fused-ring (bicyclic) bond motifs is 3. The molecule has 5 rings (SSSR count). The molecule has 0 atom stereocenters. The van der Waals surface area contributed by atoms with Gasteiger partial charge in [0, 0.05) is 65.9 Å². The largest absolute Gasteiger partial charge is 0.331 e. The van der Waals surface area contributed by atoms with Crippen LogP contribution in [0.3, 0.4) is 0 Å². The average molecular weight is 572 g/mol. The fourth-order valence-electron chi connectivity index (χ4n) is 4.10. The number of carbonyl (C=O) groups excluding carboxylic acids is 3. The molecule has 0 aliphatic rings. The van der Waals surface area contributed by atoms with Crippen LogP contribution in [-0.2, 0) is 9.63 Å². The number of hydrogen-bond donors (Lipinski definition) is 0. The number of ketones is 2. The number of benzene rings is 4. The molecule has 5 aromatic rings. The Morgan fingerprint density at radius 2 is 1.46 bits per heavy atom. The average Bonchev–Trinajstić information content (AvgIpc) is 3.32. The third-order valence-corrected chi connectivity index (χ3v) is 8.41. The molecular formula is C31H22ClNO4S2. The van der Waals surface area contributed by atoms with Gasteiger partial charge in [-0.05, 0) is 60.7 Å². The number of rotatable bonds is 9. The summed E-state index contributed by atoms with van der Waals surface area (Å²) in [5, 5.41) is 6.33. The second kappa shape index (κ2) is 11.9. The molecule has 39 heavy (non-hydrogen) atoms. The van der Waals surface area contributed by atoms with Gasteiger partial charge in [-0.2, -0.15) is 0 Å². The van der Waals surface area contributed by atoms with E-state index in [-0.39, 0.29) is 17.3 Å². The van der Waals surface area contributed by atoms with Gasteiger partial charge in [0.1, 0.15) is 5.71 Å². The van der Waals surface area contributed by atoms with E-state index >= 15 is 0 Å². The van der Waals surface area contributed by atoms with Crippen LogP contribution >= 0.6 is 34.7 Å². The highest BCUT2D eigenvalue weighted by molar-refractivity contribution is 7.99. The van der Waals surface area contributed by atoms with Gasteiger partial charge in [0.2, 0.25) is 5.78 Å². The lowest BCUT2D eigenvalue weighted by Gasteiger charge is -2.07. The summed E-state index contributed by atoms with van der Waals surface area (Å²) in [5.74, 6) is -0.411.